The van der Waals surface area contributed by atoms with Crippen molar-refractivity contribution in [2.45, 2.75) is 0 Å². The van der Waals surface area contributed by atoms with Crippen molar-refractivity contribution in [2.75, 3.05) is 0 Å². The number of nitrogens with one attached hydrogen (secondary N) is 1. The molecule has 0 saturated carbocycles. The van der Waals surface area contributed by atoms with Crippen molar-refractivity contribution in [2.24, 2.45) is 0 Å². The second-order valence-electron chi connectivity index (χ2n) is 3.01. The van der Waals surface area contributed by atoms with Gasteiger partial charge < -0.3 is 0 Å². The summed E-state index contributed by atoms with van der Waals surface area (Å²) in [6.45, 7) is 0. The van der Waals surface area contributed by atoms with Gasteiger partial charge in [-0.15, -0.1) is 11.3 Å². The number of fused-ring (bicyclic) bond motifs is 1. The van der Waals surface area contributed by atoms with Gasteiger partial charge >= 0.3 is 0 Å². The molecule has 3 nitrogen and oxygen atoms in total. The molecule has 68 valence electrons. The van der Waals surface area contributed by atoms with E-state index < -0.39 is 0 Å². The van der Waals surface area contributed by atoms with Gasteiger partial charge in [0.15, 0.2) is 0 Å². The smallest absolute Gasteiger partial charge is 0.123 e. The molecule has 0 spiro atoms. The molecule has 0 unspecified atom stereocenters. The Morgan fingerprint density at radius 1 is 1.29 bits per heavy atom. The molecule has 0 radical (unpaired) electrons. The lowest BCUT2D eigenvalue weighted by Crippen LogP contribution is -1.75. The molecule has 0 amide bonds. The van der Waals surface area contributed by atoms with E-state index >= 15 is 0 Å². The van der Waals surface area contributed by atoms with Gasteiger partial charge in [-0.25, -0.2) is 4.98 Å². The van der Waals surface area contributed by atoms with E-state index in [-0.39, 0.29) is 0 Å². The Morgan fingerprint density at radius 3 is 3.14 bits per heavy atom. The predicted molar refractivity (Wildman–Crippen MR) is 57.2 cm³/mol. The Morgan fingerprint density at radius 2 is 2.29 bits per heavy atom. The molecule has 14 heavy (non-hydrogen) atoms. The van der Waals surface area contributed by atoms with E-state index in [0.717, 1.165) is 21.5 Å². The molecular formula is C10H7N3S. The third-order valence-electron chi connectivity index (χ3n) is 2.12. The van der Waals surface area contributed by atoms with Gasteiger partial charge in [0.25, 0.3) is 0 Å². The molecule has 2 aromatic heterocycles. The first kappa shape index (κ1) is 7.70. The number of benzene rings is 1. The summed E-state index contributed by atoms with van der Waals surface area (Å²) in [4.78, 5) is 4.26. The third-order valence-corrected chi connectivity index (χ3v) is 2.94. The minimum absolute atomic E-state index is 1.04. The molecule has 0 aliphatic rings. The van der Waals surface area contributed by atoms with E-state index in [0.29, 0.717) is 0 Å². The fourth-order valence-electron chi connectivity index (χ4n) is 1.44. The zero-order chi connectivity index (χ0) is 9.38. The molecule has 1 N–H and O–H groups in total. The van der Waals surface area contributed by atoms with Gasteiger partial charge in [-0.1, -0.05) is 12.1 Å². The van der Waals surface area contributed by atoms with Crippen LogP contribution in [0.1, 0.15) is 0 Å². The highest BCUT2D eigenvalue weighted by Gasteiger charge is 2.02. The maximum atomic E-state index is 4.26. The molecule has 0 aliphatic heterocycles. The lowest BCUT2D eigenvalue weighted by Gasteiger charge is -1.95. The lowest BCUT2D eigenvalue weighted by molar-refractivity contribution is 1.12. The summed E-state index contributed by atoms with van der Waals surface area (Å²) in [5, 5.41) is 11.1. The number of aromatic nitrogens is 3. The van der Waals surface area contributed by atoms with Gasteiger partial charge in [-0.3, -0.25) is 5.10 Å². The van der Waals surface area contributed by atoms with Gasteiger partial charge in [0.1, 0.15) is 5.01 Å². The Kier molecular flexibility index (Phi) is 1.61. The fourth-order valence-corrected chi connectivity index (χ4v) is 2.07. The van der Waals surface area contributed by atoms with Crippen LogP contribution in [0.3, 0.4) is 0 Å². The minimum Gasteiger partial charge on any atom is -0.278 e. The van der Waals surface area contributed by atoms with Crippen LogP contribution in [0.4, 0.5) is 0 Å². The van der Waals surface area contributed by atoms with Crippen molar-refractivity contribution >= 4 is 22.2 Å². The first-order chi connectivity index (χ1) is 6.93. The van der Waals surface area contributed by atoms with Gasteiger partial charge in [0.05, 0.1) is 11.7 Å². The quantitative estimate of drug-likeness (QED) is 0.657. The third kappa shape index (κ3) is 1.12. The Bertz CT molecular complexity index is 554. The Labute approximate surface area is 84.4 Å². The Hall–Kier alpha value is -1.68. The second kappa shape index (κ2) is 2.92. The molecule has 0 saturated heterocycles. The average molecular weight is 201 g/mol. The van der Waals surface area contributed by atoms with Gasteiger partial charge in [-0.2, -0.15) is 5.10 Å². The number of hydrogen-bond donors (Lipinski definition) is 1. The van der Waals surface area contributed by atoms with Crippen LogP contribution in [0.2, 0.25) is 0 Å². The molecule has 3 rings (SSSR count). The normalized spacial score (nSPS) is 10.9. The molecular weight excluding hydrogens is 194 g/mol. The van der Waals surface area contributed by atoms with Crippen molar-refractivity contribution in [1.29, 1.82) is 0 Å². The van der Waals surface area contributed by atoms with Crippen molar-refractivity contribution in [3.63, 3.8) is 0 Å². The van der Waals surface area contributed by atoms with Crippen LogP contribution in [0, 0.1) is 0 Å². The zero-order valence-electron chi connectivity index (χ0n) is 7.27. The van der Waals surface area contributed by atoms with Crippen molar-refractivity contribution < 1.29 is 0 Å². The summed E-state index contributed by atoms with van der Waals surface area (Å²) in [6.07, 6.45) is 3.64. The number of H-pyrrole nitrogens is 1. The monoisotopic (exact) mass is 201 g/mol. The SMILES string of the molecule is c1csc(-c2ccc3cn[nH]c3c2)n1. The Balaban J connectivity index is 2.23. The largest absolute Gasteiger partial charge is 0.278 e. The zero-order valence-corrected chi connectivity index (χ0v) is 8.08. The van der Waals surface area contributed by atoms with Gasteiger partial charge in [0, 0.05) is 22.5 Å². The number of aromatic amines is 1. The van der Waals surface area contributed by atoms with Crippen LogP contribution in [-0.2, 0) is 0 Å². The topological polar surface area (TPSA) is 41.6 Å². The van der Waals surface area contributed by atoms with Crippen molar-refractivity contribution in [3.8, 4) is 10.6 Å². The molecule has 0 atom stereocenters. The molecule has 4 heteroatoms. The second-order valence-corrected chi connectivity index (χ2v) is 3.90. The summed E-state index contributed by atoms with van der Waals surface area (Å²) < 4.78 is 0. The first-order valence-corrected chi connectivity index (χ1v) is 5.14. The summed E-state index contributed by atoms with van der Waals surface area (Å²) in [7, 11) is 0. The predicted octanol–water partition coefficient (Wildman–Crippen LogP) is 2.69. The van der Waals surface area contributed by atoms with Crippen LogP contribution in [0.5, 0.6) is 0 Å². The molecule has 1 aromatic carbocycles. The van der Waals surface area contributed by atoms with E-state index in [2.05, 4.69) is 33.4 Å². The van der Waals surface area contributed by atoms with E-state index in [4.69, 9.17) is 0 Å². The molecule has 0 aliphatic carbocycles. The summed E-state index contributed by atoms with van der Waals surface area (Å²) in [5.41, 5.74) is 2.19. The van der Waals surface area contributed by atoms with E-state index in [9.17, 15) is 0 Å². The average Bonchev–Trinajstić information content (AvgIpc) is 2.88. The summed E-state index contributed by atoms with van der Waals surface area (Å²) in [6, 6.07) is 6.19. The van der Waals surface area contributed by atoms with Crippen LogP contribution in [-0.4, -0.2) is 15.2 Å². The number of rotatable bonds is 1. The maximum Gasteiger partial charge on any atom is 0.123 e. The highest BCUT2D eigenvalue weighted by Crippen LogP contribution is 2.24. The van der Waals surface area contributed by atoms with E-state index in [1.165, 1.54) is 0 Å². The minimum atomic E-state index is 1.04. The van der Waals surface area contributed by atoms with Crippen LogP contribution >= 0.6 is 11.3 Å². The summed E-state index contributed by atoms with van der Waals surface area (Å²) >= 11 is 1.64. The van der Waals surface area contributed by atoms with E-state index in [1.54, 1.807) is 11.3 Å². The molecule has 2 heterocycles. The van der Waals surface area contributed by atoms with Gasteiger partial charge in [-0.05, 0) is 6.07 Å². The van der Waals surface area contributed by atoms with E-state index in [1.807, 2.05) is 17.8 Å². The first-order valence-electron chi connectivity index (χ1n) is 4.26. The number of thiazole rings is 1. The molecule has 3 aromatic rings. The molecule has 0 bridgehead atoms. The number of nitrogens with zero attached hydrogens (tertiary/aromatic N) is 2. The van der Waals surface area contributed by atoms with Crippen LogP contribution in [0.25, 0.3) is 21.5 Å². The van der Waals surface area contributed by atoms with Crippen LogP contribution in [0.15, 0.2) is 36.0 Å². The van der Waals surface area contributed by atoms with Gasteiger partial charge in [0.2, 0.25) is 0 Å². The fraction of sp³-hybridized carbons (Fsp3) is 0. The summed E-state index contributed by atoms with van der Waals surface area (Å²) in [5.74, 6) is 0. The number of hydrogen-bond acceptors (Lipinski definition) is 3. The van der Waals surface area contributed by atoms with Crippen molar-refractivity contribution in [3.05, 3.63) is 36.0 Å². The highest BCUT2D eigenvalue weighted by molar-refractivity contribution is 7.13. The van der Waals surface area contributed by atoms with Crippen LogP contribution < -0.4 is 0 Å². The molecule has 0 fully saturated rings. The van der Waals surface area contributed by atoms with Crippen molar-refractivity contribution in [1.82, 2.24) is 15.2 Å². The lowest BCUT2D eigenvalue weighted by atomic mass is 10.2. The highest BCUT2D eigenvalue weighted by atomic mass is 32.1. The standard InChI is InChI=1S/C10H7N3S/c1-2-8-6-12-13-9(8)5-7(1)10-11-3-4-14-10/h1-6H,(H,12,13). The maximum absolute atomic E-state index is 4.26.